The molecule has 0 fully saturated rings. The minimum atomic E-state index is -0.851. The van der Waals surface area contributed by atoms with E-state index in [1.54, 1.807) is 20.8 Å². The van der Waals surface area contributed by atoms with Gasteiger partial charge < -0.3 is 19.5 Å². The van der Waals surface area contributed by atoms with Crippen molar-refractivity contribution in [1.82, 2.24) is 10.2 Å². The van der Waals surface area contributed by atoms with Crippen LogP contribution < -0.4 is 5.32 Å². The molecule has 0 spiro atoms. The molecule has 0 saturated heterocycles. The van der Waals surface area contributed by atoms with Crippen molar-refractivity contribution >= 4 is 24.9 Å². The fourth-order valence-electron chi connectivity index (χ4n) is 2.23. The summed E-state index contributed by atoms with van der Waals surface area (Å²) in [6, 6.07) is 9.11. The number of hydrogen-bond donors (Lipinski definition) is 1. The van der Waals surface area contributed by atoms with Crippen LogP contribution in [0.15, 0.2) is 59.4 Å². The number of nitrogens with zero attached hydrogens (tertiary/aromatic N) is 2. The fraction of sp³-hybridized carbons (Fsp3) is 0.364. The molecule has 168 valence electrons. The first-order chi connectivity index (χ1) is 14.6. The van der Waals surface area contributed by atoms with Gasteiger partial charge in [-0.3, -0.25) is 4.90 Å². The van der Waals surface area contributed by atoms with E-state index >= 15 is 0 Å². The first kappa shape index (κ1) is 25.4. The van der Waals surface area contributed by atoms with Gasteiger partial charge in [0.05, 0.1) is 0 Å². The second-order valence-corrected chi connectivity index (χ2v) is 7.33. The van der Waals surface area contributed by atoms with E-state index in [1.165, 1.54) is 13.1 Å². The molecule has 1 rings (SSSR count). The summed E-state index contributed by atoms with van der Waals surface area (Å²) in [5.41, 5.74) is 0.553. The van der Waals surface area contributed by atoms with Gasteiger partial charge in [-0.15, -0.1) is 0 Å². The molecule has 1 aromatic rings. The van der Waals surface area contributed by atoms with Gasteiger partial charge in [-0.1, -0.05) is 43.0 Å². The van der Waals surface area contributed by atoms with Gasteiger partial charge >= 0.3 is 18.2 Å². The van der Waals surface area contributed by atoms with Gasteiger partial charge in [0, 0.05) is 19.2 Å². The van der Waals surface area contributed by atoms with Crippen molar-refractivity contribution in [1.29, 1.82) is 0 Å². The maximum absolute atomic E-state index is 12.3. The number of carbonyl (C=O) groups excluding carboxylic acids is 3. The van der Waals surface area contributed by atoms with E-state index in [-0.39, 0.29) is 19.0 Å². The van der Waals surface area contributed by atoms with E-state index in [0.29, 0.717) is 5.57 Å². The third kappa shape index (κ3) is 9.62. The summed E-state index contributed by atoms with van der Waals surface area (Å²) in [5, 5.41) is 2.55. The molecule has 9 heteroatoms. The van der Waals surface area contributed by atoms with Crippen molar-refractivity contribution in [3.8, 4) is 0 Å². The number of nitrogens with one attached hydrogen (secondary N) is 1. The molecule has 0 saturated carbocycles. The molecule has 1 aromatic carbocycles. The molecule has 1 N–H and O–H groups in total. The topological polar surface area (TPSA) is 107 Å². The van der Waals surface area contributed by atoms with E-state index in [4.69, 9.17) is 14.2 Å². The maximum Gasteiger partial charge on any atom is 0.415 e. The second kappa shape index (κ2) is 12.2. The van der Waals surface area contributed by atoms with E-state index < -0.39 is 30.4 Å². The smallest absolute Gasteiger partial charge is 0.415 e. The monoisotopic (exact) mass is 431 g/mol. The van der Waals surface area contributed by atoms with Crippen molar-refractivity contribution < 1.29 is 28.6 Å². The fourth-order valence-corrected chi connectivity index (χ4v) is 2.23. The average Bonchev–Trinajstić information content (AvgIpc) is 2.72. The van der Waals surface area contributed by atoms with Crippen molar-refractivity contribution in [2.75, 3.05) is 20.2 Å². The Bertz CT molecular complexity index is 827. The highest BCUT2D eigenvalue weighted by atomic mass is 16.6. The van der Waals surface area contributed by atoms with Crippen LogP contribution in [-0.2, 0) is 25.6 Å². The quantitative estimate of drug-likeness (QED) is 0.278. The molecule has 0 aliphatic rings. The van der Waals surface area contributed by atoms with Crippen LogP contribution in [0.4, 0.5) is 9.59 Å². The lowest BCUT2D eigenvalue weighted by Crippen LogP contribution is -2.35. The van der Waals surface area contributed by atoms with Crippen LogP contribution in [0.5, 0.6) is 0 Å². The number of hydrogen-bond acceptors (Lipinski definition) is 7. The van der Waals surface area contributed by atoms with Crippen molar-refractivity contribution in [2.24, 2.45) is 4.99 Å². The summed E-state index contributed by atoms with van der Waals surface area (Å²) in [5.74, 6) is -0.591. The molecule has 0 aromatic heterocycles. The Kier molecular flexibility index (Phi) is 9.97. The lowest BCUT2D eigenvalue weighted by atomic mass is 10.2. The summed E-state index contributed by atoms with van der Waals surface area (Å²) in [4.78, 5) is 40.8. The molecule has 2 amide bonds. The molecule has 0 aliphatic heterocycles. The normalized spacial score (nSPS) is 11.5. The Labute approximate surface area is 182 Å². The van der Waals surface area contributed by atoms with Crippen LogP contribution in [0.25, 0.3) is 0 Å². The molecule has 0 bridgehead atoms. The molecule has 9 nitrogen and oxygen atoms in total. The third-order valence-electron chi connectivity index (χ3n) is 3.65. The summed E-state index contributed by atoms with van der Waals surface area (Å²) in [7, 11) is 1.39. The molecule has 0 unspecified atom stereocenters. The molecule has 0 aliphatic carbocycles. The number of ether oxygens (including phenoxy) is 3. The standard InChI is InChI=1S/C22H29N3O6/c1-7-17(13-24-20(27)31-22(2,3)4)19(23-5)25(6)21(28)30-15-18(26)29-14-16-11-9-8-10-12-16/h7-12H,1,5,13-15H2,2-4,6H3,(H,24,27)/b19-17-. The summed E-state index contributed by atoms with van der Waals surface area (Å²) in [6.45, 7) is 11.8. The van der Waals surface area contributed by atoms with E-state index in [1.807, 2.05) is 30.3 Å². The lowest BCUT2D eigenvalue weighted by Gasteiger charge is -2.21. The Balaban J connectivity index is 2.63. The molecule has 0 radical (unpaired) electrons. The zero-order valence-electron chi connectivity index (χ0n) is 18.3. The van der Waals surface area contributed by atoms with E-state index in [9.17, 15) is 14.4 Å². The van der Waals surface area contributed by atoms with Crippen LogP contribution >= 0.6 is 0 Å². The Morgan fingerprint density at radius 2 is 1.81 bits per heavy atom. The van der Waals surface area contributed by atoms with Gasteiger partial charge in [0.25, 0.3) is 0 Å². The zero-order valence-corrected chi connectivity index (χ0v) is 18.3. The maximum atomic E-state index is 12.3. The first-order valence-corrected chi connectivity index (χ1v) is 9.46. The zero-order chi connectivity index (χ0) is 23.4. The number of amides is 2. The van der Waals surface area contributed by atoms with Gasteiger partial charge in [-0.05, 0) is 33.1 Å². The first-order valence-electron chi connectivity index (χ1n) is 9.46. The van der Waals surface area contributed by atoms with Crippen molar-refractivity contribution in [3.63, 3.8) is 0 Å². The number of carbonyl (C=O) groups is 3. The van der Waals surface area contributed by atoms with Gasteiger partial charge in [0.15, 0.2) is 6.61 Å². The molecular weight excluding hydrogens is 402 g/mol. The Morgan fingerprint density at radius 3 is 2.35 bits per heavy atom. The van der Waals surface area contributed by atoms with Gasteiger partial charge in [-0.25, -0.2) is 19.4 Å². The predicted octanol–water partition coefficient (Wildman–Crippen LogP) is 3.42. The van der Waals surface area contributed by atoms with Crippen molar-refractivity contribution in [3.05, 3.63) is 59.9 Å². The lowest BCUT2D eigenvalue weighted by molar-refractivity contribution is -0.148. The molecular formula is C22H29N3O6. The van der Waals surface area contributed by atoms with Crippen LogP contribution in [0, 0.1) is 0 Å². The number of esters is 1. The van der Waals surface area contributed by atoms with E-state index in [0.717, 1.165) is 10.5 Å². The van der Waals surface area contributed by atoms with Crippen LogP contribution in [0.2, 0.25) is 0 Å². The highest BCUT2D eigenvalue weighted by Crippen LogP contribution is 2.13. The van der Waals surface area contributed by atoms with Crippen LogP contribution in [-0.4, -0.2) is 55.6 Å². The van der Waals surface area contributed by atoms with E-state index in [2.05, 4.69) is 23.6 Å². The van der Waals surface area contributed by atoms with Gasteiger partial charge in [0.2, 0.25) is 0 Å². The number of rotatable bonds is 9. The number of benzene rings is 1. The molecule has 0 heterocycles. The van der Waals surface area contributed by atoms with Gasteiger partial charge in [-0.2, -0.15) is 0 Å². The highest BCUT2D eigenvalue weighted by molar-refractivity contribution is 5.76. The largest absolute Gasteiger partial charge is 0.458 e. The summed E-state index contributed by atoms with van der Waals surface area (Å²) in [6.07, 6.45) is -0.0726. The Morgan fingerprint density at radius 1 is 1.16 bits per heavy atom. The minimum absolute atomic E-state index is 0.0104. The minimum Gasteiger partial charge on any atom is -0.458 e. The third-order valence-corrected chi connectivity index (χ3v) is 3.65. The summed E-state index contributed by atoms with van der Waals surface area (Å²) < 4.78 is 15.2. The predicted molar refractivity (Wildman–Crippen MR) is 116 cm³/mol. The summed E-state index contributed by atoms with van der Waals surface area (Å²) >= 11 is 0. The van der Waals surface area contributed by atoms with Crippen LogP contribution in [0.3, 0.4) is 0 Å². The van der Waals surface area contributed by atoms with Crippen LogP contribution in [0.1, 0.15) is 26.3 Å². The number of aliphatic imine (C=N–C) groups is 1. The number of alkyl carbamates (subject to hydrolysis) is 1. The Hall–Kier alpha value is -3.62. The second-order valence-electron chi connectivity index (χ2n) is 7.33. The average molecular weight is 431 g/mol. The van der Waals surface area contributed by atoms with Crippen molar-refractivity contribution in [2.45, 2.75) is 33.0 Å². The van der Waals surface area contributed by atoms with Gasteiger partial charge in [0.1, 0.15) is 18.0 Å². The SMILES string of the molecule is C=C/C(CNC(=O)OC(C)(C)C)=C(\N=C)N(C)C(=O)OCC(=O)OCc1ccccc1. The molecule has 0 atom stereocenters. The highest BCUT2D eigenvalue weighted by Gasteiger charge is 2.20. The molecule has 31 heavy (non-hydrogen) atoms.